The first-order chi connectivity index (χ1) is 8.98. The Labute approximate surface area is 124 Å². The Morgan fingerprint density at radius 2 is 2.11 bits per heavy atom. The minimum absolute atomic E-state index is 0.232. The summed E-state index contributed by atoms with van der Waals surface area (Å²) < 4.78 is 0.902. The Hall–Kier alpha value is -0.670. The van der Waals surface area contributed by atoms with Crippen LogP contribution in [0.5, 0.6) is 0 Å². The van der Waals surface area contributed by atoms with Gasteiger partial charge < -0.3 is 4.90 Å². The molecule has 0 unspecified atom stereocenters. The molecule has 0 aromatic heterocycles. The Morgan fingerprint density at radius 1 is 1.37 bits per heavy atom. The number of hydrogen-bond donors (Lipinski definition) is 0. The number of benzene rings is 1. The molecular formula is C16H22BrNO. The van der Waals surface area contributed by atoms with Crippen LogP contribution < -0.4 is 0 Å². The standard InChI is InChI=1S/C16H22BrNO/c1-16(2)9-5-10-18(12-16)11-8-15(19)13-6-3-4-7-14(13)17/h3-4,6-7H,5,8-12H2,1-2H3. The molecule has 0 aliphatic carbocycles. The Balaban J connectivity index is 1.89. The highest BCUT2D eigenvalue weighted by atomic mass is 79.9. The molecule has 19 heavy (non-hydrogen) atoms. The molecule has 0 saturated carbocycles. The monoisotopic (exact) mass is 323 g/mol. The number of nitrogens with zero attached hydrogens (tertiary/aromatic N) is 1. The normalized spacial score (nSPS) is 19.3. The second kappa shape index (κ2) is 6.19. The molecule has 0 bridgehead atoms. The number of Topliss-reactive ketones (excluding diaryl/α,β-unsaturated/α-hetero) is 1. The zero-order chi connectivity index (χ0) is 13.9. The second-order valence-electron chi connectivity index (χ2n) is 6.20. The molecule has 2 rings (SSSR count). The third kappa shape index (κ3) is 4.15. The third-order valence-corrected chi connectivity index (χ3v) is 4.50. The van der Waals surface area contributed by atoms with Gasteiger partial charge in [0.05, 0.1) is 0 Å². The van der Waals surface area contributed by atoms with E-state index in [1.807, 2.05) is 24.3 Å². The minimum atomic E-state index is 0.232. The molecular weight excluding hydrogens is 302 g/mol. The Bertz CT molecular complexity index is 456. The van der Waals surface area contributed by atoms with Crippen molar-refractivity contribution in [1.29, 1.82) is 0 Å². The highest BCUT2D eigenvalue weighted by molar-refractivity contribution is 9.10. The van der Waals surface area contributed by atoms with E-state index in [0.717, 1.165) is 29.7 Å². The maximum absolute atomic E-state index is 12.2. The number of halogens is 1. The van der Waals surface area contributed by atoms with E-state index in [0.29, 0.717) is 11.8 Å². The lowest BCUT2D eigenvalue weighted by atomic mass is 9.84. The Morgan fingerprint density at radius 3 is 2.79 bits per heavy atom. The number of carbonyl (C=O) groups is 1. The zero-order valence-corrected chi connectivity index (χ0v) is 13.4. The van der Waals surface area contributed by atoms with Crippen molar-refractivity contribution in [3.63, 3.8) is 0 Å². The van der Waals surface area contributed by atoms with Gasteiger partial charge in [0, 0.05) is 29.5 Å². The van der Waals surface area contributed by atoms with E-state index in [2.05, 4.69) is 34.7 Å². The first-order valence-electron chi connectivity index (χ1n) is 6.98. The molecule has 1 aliphatic heterocycles. The molecule has 1 fully saturated rings. The number of likely N-dealkylation sites (tertiary alicyclic amines) is 1. The summed E-state index contributed by atoms with van der Waals surface area (Å²) in [6.07, 6.45) is 3.15. The van der Waals surface area contributed by atoms with Crippen molar-refractivity contribution in [3.05, 3.63) is 34.3 Å². The van der Waals surface area contributed by atoms with E-state index in [4.69, 9.17) is 0 Å². The maximum Gasteiger partial charge on any atom is 0.165 e. The lowest BCUT2D eigenvalue weighted by Crippen LogP contribution is -2.40. The quantitative estimate of drug-likeness (QED) is 0.776. The van der Waals surface area contributed by atoms with E-state index in [1.54, 1.807) is 0 Å². The topological polar surface area (TPSA) is 20.3 Å². The number of piperidine rings is 1. The molecule has 1 heterocycles. The summed E-state index contributed by atoms with van der Waals surface area (Å²) >= 11 is 3.45. The van der Waals surface area contributed by atoms with Crippen molar-refractivity contribution in [2.75, 3.05) is 19.6 Å². The van der Waals surface area contributed by atoms with Crippen molar-refractivity contribution >= 4 is 21.7 Å². The maximum atomic E-state index is 12.2. The molecule has 1 aromatic rings. The van der Waals surface area contributed by atoms with Crippen LogP contribution in [0.15, 0.2) is 28.7 Å². The fraction of sp³-hybridized carbons (Fsp3) is 0.562. The summed E-state index contributed by atoms with van der Waals surface area (Å²) in [5.74, 6) is 0.232. The molecule has 1 aliphatic rings. The lowest BCUT2D eigenvalue weighted by Gasteiger charge is -2.38. The number of ketones is 1. The molecule has 0 amide bonds. The van der Waals surface area contributed by atoms with Crippen molar-refractivity contribution in [2.24, 2.45) is 5.41 Å². The van der Waals surface area contributed by atoms with Gasteiger partial charge in [-0.2, -0.15) is 0 Å². The van der Waals surface area contributed by atoms with Gasteiger partial charge >= 0.3 is 0 Å². The Kier molecular flexibility index (Phi) is 4.80. The molecule has 1 saturated heterocycles. The SMILES string of the molecule is CC1(C)CCCN(CCC(=O)c2ccccc2Br)C1. The van der Waals surface area contributed by atoms with Crippen molar-refractivity contribution < 1.29 is 4.79 Å². The first-order valence-corrected chi connectivity index (χ1v) is 7.77. The summed E-state index contributed by atoms with van der Waals surface area (Å²) in [6, 6.07) is 7.68. The van der Waals surface area contributed by atoms with Crippen LogP contribution in [0.3, 0.4) is 0 Å². The summed E-state index contributed by atoms with van der Waals surface area (Å²) in [7, 11) is 0. The fourth-order valence-electron chi connectivity index (χ4n) is 2.82. The van der Waals surface area contributed by atoms with E-state index in [1.165, 1.54) is 12.8 Å². The molecule has 0 atom stereocenters. The largest absolute Gasteiger partial charge is 0.302 e. The zero-order valence-electron chi connectivity index (χ0n) is 11.8. The highest BCUT2D eigenvalue weighted by Gasteiger charge is 2.26. The van der Waals surface area contributed by atoms with Crippen molar-refractivity contribution in [1.82, 2.24) is 4.90 Å². The molecule has 104 valence electrons. The molecule has 3 heteroatoms. The van der Waals surface area contributed by atoms with E-state index in [9.17, 15) is 4.79 Å². The van der Waals surface area contributed by atoms with Crippen molar-refractivity contribution in [3.8, 4) is 0 Å². The molecule has 2 nitrogen and oxygen atoms in total. The number of rotatable bonds is 4. The minimum Gasteiger partial charge on any atom is -0.302 e. The van der Waals surface area contributed by atoms with Gasteiger partial charge in [-0.05, 0) is 30.9 Å². The van der Waals surface area contributed by atoms with Crippen LogP contribution in [0.25, 0.3) is 0 Å². The van der Waals surface area contributed by atoms with Crippen LogP contribution >= 0.6 is 15.9 Å². The van der Waals surface area contributed by atoms with Crippen LogP contribution in [-0.4, -0.2) is 30.3 Å². The predicted molar refractivity (Wildman–Crippen MR) is 82.5 cm³/mol. The van der Waals surface area contributed by atoms with Crippen LogP contribution in [0.1, 0.15) is 43.5 Å². The summed E-state index contributed by atoms with van der Waals surface area (Å²) in [5.41, 5.74) is 1.20. The molecule has 0 spiro atoms. The summed E-state index contributed by atoms with van der Waals surface area (Å²) in [4.78, 5) is 14.6. The lowest BCUT2D eigenvalue weighted by molar-refractivity contribution is 0.0895. The van der Waals surface area contributed by atoms with Crippen LogP contribution in [-0.2, 0) is 0 Å². The van der Waals surface area contributed by atoms with Crippen molar-refractivity contribution in [2.45, 2.75) is 33.1 Å². The molecule has 0 radical (unpaired) electrons. The summed E-state index contributed by atoms with van der Waals surface area (Å²) in [6.45, 7) is 7.75. The second-order valence-corrected chi connectivity index (χ2v) is 7.05. The highest BCUT2D eigenvalue weighted by Crippen LogP contribution is 2.28. The van der Waals surface area contributed by atoms with Gasteiger partial charge in [0.15, 0.2) is 5.78 Å². The van der Waals surface area contributed by atoms with E-state index in [-0.39, 0.29) is 5.78 Å². The average molecular weight is 324 g/mol. The van der Waals surface area contributed by atoms with Gasteiger partial charge in [0.2, 0.25) is 0 Å². The van der Waals surface area contributed by atoms with Gasteiger partial charge in [-0.25, -0.2) is 0 Å². The van der Waals surface area contributed by atoms with E-state index < -0.39 is 0 Å². The van der Waals surface area contributed by atoms with Gasteiger partial charge in [0.1, 0.15) is 0 Å². The van der Waals surface area contributed by atoms with Crippen LogP contribution in [0.4, 0.5) is 0 Å². The van der Waals surface area contributed by atoms with Gasteiger partial charge in [-0.15, -0.1) is 0 Å². The number of carbonyl (C=O) groups excluding carboxylic acids is 1. The van der Waals surface area contributed by atoms with Gasteiger partial charge in [-0.1, -0.05) is 48.0 Å². The number of hydrogen-bond acceptors (Lipinski definition) is 2. The van der Waals surface area contributed by atoms with Crippen LogP contribution in [0, 0.1) is 5.41 Å². The predicted octanol–water partition coefficient (Wildman–Crippen LogP) is 4.14. The third-order valence-electron chi connectivity index (χ3n) is 3.81. The summed E-state index contributed by atoms with van der Waals surface area (Å²) in [5, 5.41) is 0. The average Bonchev–Trinajstić information content (AvgIpc) is 2.35. The molecule has 0 N–H and O–H groups in total. The fourth-order valence-corrected chi connectivity index (χ4v) is 3.32. The van der Waals surface area contributed by atoms with Gasteiger partial charge in [0.25, 0.3) is 0 Å². The smallest absolute Gasteiger partial charge is 0.165 e. The van der Waals surface area contributed by atoms with Crippen LogP contribution in [0.2, 0.25) is 0 Å². The van der Waals surface area contributed by atoms with E-state index >= 15 is 0 Å². The van der Waals surface area contributed by atoms with Gasteiger partial charge in [-0.3, -0.25) is 4.79 Å². The first kappa shape index (κ1) is 14.7. The molecule has 1 aromatic carbocycles.